The molecule has 0 bridgehead atoms. The third kappa shape index (κ3) is 1.33. The van der Waals surface area contributed by atoms with Gasteiger partial charge >= 0.3 is 5.97 Å². The van der Waals surface area contributed by atoms with Crippen molar-refractivity contribution in [2.75, 3.05) is 0 Å². The molecular formula is C11H14O3. The minimum absolute atomic E-state index is 0.0606. The SMILES string of the molecule is CC1C(=O)OC2C=C(O)C=CC2C1C. The highest BCUT2D eigenvalue weighted by atomic mass is 16.5. The lowest BCUT2D eigenvalue weighted by Gasteiger charge is -2.37. The molecule has 1 fully saturated rings. The first-order chi connectivity index (χ1) is 6.59. The number of rotatable bonds is 0. The van der Waals surface area contributed by atoms with Crippen molar-refractivity contribution in [1.82, 2.24) is 0 Å². The summed E-state index contributed by atoms with van der Waals surface area (Å²) in [6.45, 7) is 3.93. The molecule has 76 valence electrons. The third-order valence-electron chi connectivity index (χ3n) is 3.22. The maximum absolute atomic E-state index is 11.4. The van der Waals surface area contributed by atoms with E-state index in [2.05, 4.69) is 0 Å². The van der Waals surface area contributed by atoms with E-state index in [9.17, 15) is 9.90 Å². The number of aliphatic hydroxyl groups excluding tert-OH is 1. The van der Waals surface area contributed by atoms with Gasteiger partial charge in [-0.1, -0.05) is 19.9 Å². The Bertz CT molecular complexity index is 316. The van der Waals surface area contributed by atoms with Crippen LogP contribution in [0.15, 0.2) is 24.0 Å². The van der Waals surface area contributed by atoms with Gasteiger partial charge in [-0.05, 0) is 18.1 Å². The van der Waals surface area contributed by atoms with Crippen molar-refractivity contribution in [3.05, 3.63) is 24.0 Å². The minimum atomic E-state index is -0.279. The second-order valence-electron chi connectivity index (χ2n) is 4.08. The van der Waals surface area contributed by atoms with Crippen molar-refractivity contribution in [2.45, 2.75) is 20.0 Å². The van der Waals surface area contributed by atoms with Gasteiger partial charge in [-0.2, -0.15) is 0 Å². The molecule has 0 spiro atoms. The van der Waals surface area contributed by atoms with Crippen LogP contribution in [0.25, 0.3) is 0 Å². The summed E-state index contributed by atoms with van der Waals surface area (Å²) in [6, 6.07) is 0. The molecule has 2 rings (SSSR count). The molecule has 0 amide bonds. The number of aliphatic hydroxyl groups is 1. The van der Waals surface area contributed by atoms with E-state index in [-0.39, 0.29) is 35.6 Å². The van der Waals surface area contributed by atoms with E-state index in [4.69, 9.17) is 4.74 Å². The van der Waals surface area contributed by atoms with Crippen LogP contribution in [0, 0.1) is 17.8 Å². The lowest BCUT2D eigenvalue weighted by Crippen LogP contribution is -2.42. The Morgan fingerprint density at radius 3 is 2.86 bits per heavy atom. The number of carbonyl (C=O) groups is 1. The van der Waals surface area contributed by atoms with Crippen molar-refractivity contribution < 1.29 is 14.6 Å². The van der Waals surface area contributed by atoms with Crippen molar-refractivity contribution in [3.8, 4) is 0 Å². The zero-order valence-electron chi connectivity index (χ0n) is 8.31. The molecule has 14 heavy (non-hydrogen) atoms. The zero-order chi connectivity index (χ0) is 10.3. The third-order valence-corrected chi connectivity index (χ3v) is 3.22. The molecule has 0 aromatic rings. The van der Waals surface area contributed by atoms with E-state index in [0.717, 1.165) is 0 Å². The molecule has 0 aromatic carbocycles. The first-order valence-electron chi connectivity index (χ1n) is 4.89. The summed E-state index contributed by atoms with van der Waals surface area (Å²) in [6.07, 6.45) is 4.92. The standard InChI is InChI=1S/C11H14O3/c1-6-7(2)11(13)14-10-5-8(12)3-4-9(6)10/h3-7,9-10,12H,1-2H3. The topological polar surface area (TPSA) is 46.5 Å². The van der Waals surface area contributed by atoms with Crippen LogP contribution in [0.5, 0.6) is 0 Å². The second kappa shape index (κ2) is 3.15. The van der Waals surface area contributed by atoms with Gasteiger partial charge in [0.15, 0.2) is 0 Å². The maximum Gasteiger partial charge on any atom is 0.309 e. The fraction of sp³-hybridized carbons (Fsp3) is 0.545. The average Bonchev–Trinajstić information content (AvgIpc) is 2.14. The van der Waals surface area contributed by atoms with Crippen LogP contribution in [0.3, 0.4) is 0 Å². The van der Waals surface area contributed by atoms with Crippen LogP contribution >= 0.6 is 0 Å². The maximum atomic E-state index is 11.4. The highest BCUT2D eigenvalue weighted by molar-refractivity contribution is 5.74. The largest absolute Gasteiger partial charge is 0.508 e. The summed E-state index contributed by atoms with van der Waals surface area (Å²) in [5.41, 5.74) is 0. The van der Waals surface area contributed by atoms with Gasteiger partial charge in [0.1, 0.15) is 11.9 Å². The molecule has 4 unspecified atom stereocenters. The van der Waals surface area contributed by atoms with Crippen LogP contribution in [0.4, 0.5) is 0 Å². The highest BCUT2D eigenvalue weighted by Crippen LogP contribution is 2.35. The predicted octanol–water partition coefficient (Wildman–Crippen LogP) is 1.81. The number of ether oxygens (including phenoxy) is 1. The summed E-state index contributed by atoms with van der Waals surface area (Å²) in [4.78, 5) is 11.4. The summed E-state index contributed by atoms with van der Waals surface area (Å²) < 4.78 is 5.22. The molecule has 0 radical (unpaired) electrons. The Hall–Kier alpha value is -1.25. The first-order valence-corrected chi connectivity index (χ1v) is 4.89. The van der Waals surface area contributed by atoms with Gasteiger partial charge in [0, 0.05) is 5.92 Å². The van der Waals surface area contributed by atoms with E-state index in [1.165, 1.54) is 0 Å². The first kappa shape index (κ1) is 9.31. The van der Waals surface area contributed by atoms with Gasteiger partial charge in [-0.3, -0.25) is 4.79 Å². The van der Waals surface area contributed by atoms with Gasteiger partial charge in [0.25, 0.3) is 0 Å². The summed E-state index contributed by atoms with van der Waals surface area (Å²) in [5, 5.41) is 9.27. The minimum Gasteiger partial charge on any atom is -0.508 e. The highest BCUT2D eigenvalue weighted by Gasteiger charge is 2.40. The van der Waals surface area contributed by atoms with Crippen molar-refractivity contribution in [1.29, 1.82) is 0 Å². The number of hydrogen-bond donors (Lipinski definition) is 1. The normalized spacial score (nSPS) is 41.3. The quantitative estimate of drug-likeness (QED) is 0.598. The van der Waals surface area contributed by atoms with Gasteiger partial charge in [-0.25, -0.2) is 0 Å². The van der Waals surface area contributed by atoms with Gasteiger partial charge in [0.2, 0.25) is 0 Å². The fourth-order valence-corrected chi connectivity index (χ4v) is 2.03. The molecule has 1 heterocycles. The van der Waals surface area contributed by atoms with Crippen LogP contribution < -0.4 is 0 Å². The molecule has 1 N–H and O–H groups in total. The molecule has 1 aliphatic carbocycles. The number of carbonyl (C=O) groups excluding carboxylic acids is 1. The number of hydrogen-bond acceptors (Lipinski definition) is 3. The number of esters is 1. The second-order valence-corrected chi connectivity index (χ2v) is 4.08. The van der Waals surface area contributed by atoms with E-state index < -0.39 is 0 Å². The molecule has 1 aliphatic heterocycles. The Morgan fingerprint density at radius 1 is 1.43 bits per heavy atom. The molecular weight excluding hydrogens is 180 g/mol. The lowest BCUT2D eigenvalue weighted by atomic mass is 9.76. The van der Waals surface area contributed by atoms with Gasteiger partial charge in [-0.15, -0.1) is 0 Å². The molecule has 0 saturated carbocycles. The van der Waals surface area contributed by atoms with Crippen LogP contribution in [-0.4, -0.2) is 17.2 Å². The molecule has 3 heteroatoms. The van der Waals surface area contributed by atoms with Gasteiger partial charge < -0.3 is 9.84 Å². The Kier molecular flexibility index (Phi) is 2.10. The average molecular weight is 194 g/mol. The van der Waals surface area contributed by atoms with Crippen molar-refractivity contribution in [2.24, 2.45) is 17.8 Å². The monoisotopic (exact) mass is 194 g/mol. The van der Waals surface area contributed by atoms with Gasteiger partial charge in [0.05, 0.1) is 5.92 Å². The Morgan fingerprint density at radius 2 is 2.14 bits per heavy atom. The predicted molar refractivity (Wildman–Crippen MR) is 51.5 cm³/mol. The van der Waals surface area contributed by atoms with Crippen LogP contribution in [0.1, 0.15) is 13.8 Å². The lowest BCUT2D eigenvalue weighted by molar-refractivity contribution is -0.164. The smallest absolute Gasteiger partial charge is 0.309 e. The number of allylic oxidation sites excluding steroid dienone is 1. The summed E-state index contributed by atoms with van der Waals surface area (Å²) in [5.74, 6) is 0.425. The van der Waals surface area contributed by atoms with Crippen molar-refractivity contribution in [3.63, 3.8) is 0 Å². The number of fused-ring (bicyclic) bond motifs is 1. The van der Waals surface area contributed by atoms with Crippen LogP contribution in [0.2, 0.25) is 0 Å². The Labute approximate surface area is 83.1 Å². The van der Waals surface area contributed by atoms with E-state index in [0.29, 0.717) is 0 Å². The zero-order valence-corrected chi connectivity index (χ0v) is 8.31. The summed E-state index contributed by atoms with van der Waals surface area (Å²) in [7, 11) is 0. The van der Waals surface area contributed by atoms with Crippen molar-refractivity contribution >= 4 is 5.97 Å². The fourth-order valence-electron chi connectivity index (χ4n) is 2.03. The molecule has 2 aliphatic rings. The summed E-state index contributed by atoms with van der Waals surface area (Å²) >= 11 is 0. The molecule has 0 aromatic heterocycles. The van der Waals surface area contributed by atoms with E-state index >= 15 is 0 Å². The molecule has 3 nitrogen and oxygen atoms in total. The van der Waals surface area contributed by atoms with Crippen LogP contribution in [-0.2, 0) is 9.53 Å². The van der Waals surface area contributed by atoms with E-state index in [1.807, 2.05) is 19.9 Å². The van der Waals surface area contributed by atoms with E-state index in [1.54, 1.807) is 12.2 Å². The molecule has 1 saturated heterocycles. The Balaban J connectivity index is 2.25. The molecule has 4 atom stereocenters.